The summed E-state index contributed by atoms with van der Waals surface area (Å²) in [5, 5.41) is 92.6. The number of hydrogen-bond donors (Lipinski definition) is 8. The van der Waals surface area contributed by atoms with Crippen LogP contribution >= 0.6 is 0 Å². The van der Waals surface area contributed by atoms with Crippen molar-refractivity contribution < 1.29 is 102 Å². The molecule has 5 aliphatic rings. The highest BCUT2D eigenvalue weighted by Crippen LogP contribution is 2.43. The zero-order valence-corrected chi connectivity index (χ0v) is 49.1. The van der Waals surface area contributed by atoms with Crippen LogP contribution in [0.15, 0.2) is 58.7 Å². The number of hydrogen-bond acceptors (Lipinski definition) is 21. The van der Waals surface area contributed by atoms with Gasteiger partial charge < -0.3 is 97.7 Å². The van der Waals surface area contributed by atoms with Gasteiger partial charge in [-0.25, -0.2) is 4.79 Å². The van der Waals surface area contributed by atoms with Gasteiger partial charge in [-0.15, -0.1) is 0 Å². The van der Waals surface area contributed by atoms with E-state index in [1.165, 1.54) is 35.4 Å². The van der Waals surface area contributed by atoms with Gasteiger partial charge >= 0.3 is 5.97 Å². The van der Waals surface area contributed by atoms with Gasteiger partial charge in [0.2, 0.25) is 5.79 Å². The number of cyclic esters (lactones) is 1. The first kappa shape index (κ1) is 67.2. The Hall–Kier alpha value is -2.59. The fraction of sp³-hybridized carbons (Fsp3) is 0.810. The minimum atomic E-state index is -2.54. The fourth-order valence-corrected chi connectivity index (χ4v) is 11.6. The third-order valence-electron chi connectivity index (χ3n) is 16.4. The van der Waals surface area contributed by atoms with Crippen LogP contribution in [-0.2, 0) is 61.6 Å². The highest BCUT2D eigenvalue weighted by Gasteiger charge is 2.57. The van der Waals surface area contributed by atoms with Crippen molar-refractivity contribution in [2.24, 2.45) is 17.8 Å². The maximum absolute atomic E-state index is 14.1. The molecule has 5 heterocycles. The summed E-state index contributed by atoms with van der Waals surface area (Å²) in [6, 6.07) is 0. The molecule has 454 valence electrons. The molecule has 0 spiro atoms. The zero-order chi connectivity index (χ0) is 58.8. The van der Waals surface area contributed by atoms with Crippen molar-refractivity contribution in [1.29, 1.82) is 0 Å². The van der Waals surface area contributed by atoms with Gasteiger partial charge in [-0.3, -0.25) is 0 Å². The molecule has 0 aliphatic carbocycles. The number of carbonyl (C=O) groups is 1. The molecule has 21 heteroatoms. The molecular formula is C58H96O21. The van der Waals surface area contributed by atoms with E-state index in [1.54, 1.807) is 54.5 Å². The molecule has 0 saturated carbocycles. The average Bonchev–Trinajstić information content (AvgIpc) is 3.46. The van der Waals surface area contributed by atoms with E-state index in [2.05, 4.69) is 0 Å². The van der Waals surface area contributed by atoms with E-state index in [0.29, 0.717) is 12.0 Å². The lowest BCUT2D eigenvalue weighted by atomic mass is 9.76. The van der Waals surface area contributed by atoms with E-state index < -0.39 is 152 Å². The maximum Gasteiger partial charge on any atom is 0.334 e. The normalized spacial score (nSPS) is 46.7. The SMILES string of the molecule is COC[C@@H](C[C@H]1O[C@@](O)([C@H](O)[C@@H]2C[C@H](OC)[C@@H](O)CC/C=C(C)/C=C/[C@@H](O[C@@H]3O[C@@H](C)[C@H](OC)[C@@H](O)[C@@H]3O)[C@H](C)\C=C(C)/C=C(C)\C=C(/C)C(=O)O2)[C@H](C)[C@@H](O)[C@H]1C)O[C@H]1C[C@](C)(O)[C@@H](O[C@H]2C[C@@H](OC)[C@H](O)[C@@H](C)O2)[C@H](C)O1. The largest absolute Gasteiger partial charge is 0.456 e. The highest BCUT2D eigenvalue weighted by molar-refractivity contribution is 5.88. The van der Waals surface area contributed by atoms with Crippen LogP contribution in [0.2, 0.25) is 0 Å². The number of esters is 1. The molecule has 0 aromatic rings. The highest BCUT2D eigenvalue weighted by atomic mass is 16.7. The Morgan fingerprint density at radius 2 is 1.42 bits per heavy atom. The van der Waals surface area contributed by atoms with Crippen molar-refractivity contribution in [2.75, 3.05) is 35.0 Å². The summed E-state index contributed by atoms with van der Waals surface area (Å²) in [5.74, 6) is -5.45. The Kier molecular flexibility index (Phi) is 25.3. The zero-order valence-electron chi connectivity index (χ0n) is 49.1. The van der Waals surface area contributed by atoms with Crippen LogP contribution in [0, 0.1) is 17.8 Å². The van der Waals surface area contributed by atoms with Crippen molar-refractivity contribution in [3.63, 3.8) is 0 Å². The molecular weight excluding hydrogens is 1030 g/mol. The number of ether oxygens (including phenoxy) is 12. The summed E-state index contributed by atoms with van der Waals surface area (Å²) in [6.45, 7) is 19.1. The molecule has 4 saturated heterocycles. The quantitative estimate of drug-likeness (QED) is 0.109. The van der Waals surface area contributed by atoms with Gasteiger partial charge in [-0.1, -0.05) is 67.9 Å². The minimum Gasteiger partial charge on any atom is -0.456 e. The van der Waals surface area contributed by atoms with Crippen LogP contribution in [0.25, 0.3) is 0 Å². The standard InChI is InChI=1S/C58H96O21/c1-29-17-16-18-40(59)43(69-13)25-45(76-55(65)33(5)23-31(3)21-30(2)22-32(4)41(20-19-29)77-56-51(63)50(62)52(71-15)37(9)74-56)53(64)58(67)35(7)48(60)34(6)42(79-58)24-39(28-68-12)75-47-27-57(11,66)54(38(10)73-47)78-46-26-44(70-14)49(61)36(8)72-46/h17,19-23,32,34-54,56,59-64,66-67H,16,18,24-28H2,1-15H3/b20-19+,29-17+,30-22-,31-21-,33-23+/t32-,34+,35-,36-,37+,38+,39-,40+,41-,42-,43+,44-,45+,46+,47+,48+,49-,50+,51+,52+,53-,54+,56+,57+,58-/m1/s1. The smallest absolute Gasteiger partial charge is 0.334 e. The first-order valence-electron chi connectivity index (χ1n) is 27.9. The van der Waals surface area contributed by atoms with Gasteiger partial charge in [0.05, 0.1) is 73.2 Å². The number of aliphatic hydroxyl groups excluding tert-OH is 6. The van der Waals surface area contributed by atoms with E-state index in [0.717, 1.165) is 11.1 Å². The summed E-state index contributed by atoms with van der Waals surface area (Å²) in [4.78, 5) is 14.1. The molecule has 0 aromatic carbocycles. The summed E-state index contributed by atoms with van der Waals surface area (Å²) in [5.41, 5.74) is 0.977. The summed E-state index contributed by atoms with van der Waals surface area (Å²) in [6.07, 6.45) is -8.27. The Labute approximate surface area is 467 Å². The van der Waals surface area contributed by atoms with E-state index in [4.69, 9.17) is 56.8 Å². The topological polar surface area (TPSA) is 290 Å². The molecule has 0 aromatic heterocycles. The molecule has 25 atom stereocenters. The van der Waals surface area contributed by atoms with Gasteiger partial charge in [0, 0.05) is 77.4 Å². The molecule has 79 heavy (non-hydrogen) atoms. The van der Waals surface area contributed by atoms with Gasteiger partial charge in [0.15, 0.2) is 18.9 Å². The molecule has 8 N–H and O–H groups in total. The Morgan fingerprint density at radius 1 is 0.747 bits per heavy atom. The second kappa shape index (κ2) is 29.8. The summed E-state index contributed by atoms with van der Waals surface area (Å²) < 4.78 is 72.0. The van der Waals surface area contributed by atoms with Crippen molar-refractivity contribution in [1.82, 2.24) is 0 Å². The molecule has 5 aliphatic heterocycles. The second-order valence-electron chi connectivity index (χ2n) is 23.0. The Balaban J connectivity index is 1.37. The molecule has 0 amide bonds. The fourth-order valence-electron chi connectivity index (χ4n) is 11.6. The molecule has 0 radical (unpaired) electrons. The van der Waals surface area contributed by atoms with Crippen molar-refractivity contribution >= 4 is 5.97 Å². The molecule has 4 fully saturated rings. The first-order chi connectivity index (χ1) is 37.1. The number of allylic oxidation sites excluding steroid dienone is 7. The van der Waals surface area contributed by atoms with Crippen molar-refractivity contribution in [3.05, 3.63) is 58.7 Å². The van der Waals surface area contributed by atoms with Crippen LogP contribution in [0.3, 0.4) is 0 Å². The van der Waals surface area contributed by atoms with Crippen LogP contribution in [0.1, 0.15) is 115 Å². The first-order valence-corrected chi connectivity index (χ1v) is 27.9. The van der Waals surface area contributed by atoms with Crippen molar-refractivity contribution in [2.45, 2.75) is 249 Å². The lowest BCUT2D eigenvalue weighted by Crippen LogP contribution is -2.66. The van der Waals surface area contributed by atoms with E-state index >= 15 is 0 Å². The number of methoxy groups -OCH3 is 4. The van der Waals surface area contributed by atoms with Gasteiger partial charge in [-0.2, -0.15) is 0 Å². The Morgan fingerprint density at radius 3 is 2.05 bits per heavy atom. The third kappa shape index (κ3) is 17.3. The number of rotatable bonds is 15. The van der Waals surface area contributed by atoms with Gasteiger partial charge in [-0.05, 0) is 74.3 Å². The minimum absolute atomic E-state index is 0.00743. The monoisotopic (exact) mass is 1130 g/mol. The third-order valence-corrected chi connectivity index (χ3v) is 16.4. The molecule has 5 rings (SSSR count). The van der Waals surface area contributed by atoms with Crippen LogP contribution in [0.4, 0.5) is 0 Å². The van der Waals surface area contributed by atoms with Crippen LogP contribution < -0.4 is 0 Å². The van der Waals surface area contributed by atoms with Crippen molar-refractivity contribution in [3.8, 4) is 0 Å². The molecule has 0 unspecified atom stereocenters. The predicted molar refractivity (Wildman–Crippen MR) is 288 cm³/mol. The average molecular weight is 1130 g/mol. The maximum atomic E-state index is 14.1. The number of carbonyl (C=O) groups excluding carboxylic acids is 1. The van der Waals surface area contributed by atoms with E-state index in [9.17, 15) is 45.6 Å². The molecule has 21 nitrogen and oxygen atoms in total. The van der Waals surface area contributed by atoms with Crippen LogP contribution in [0.5, 0.6) is 0 Å². The van der Waals surface area contributed by atoms with E-state index in [1.807, 2.05) is 51.2 Å². The molecule has 0 bridgehead atoms. The lowest BCUT2D eigenvalue weighted by molar-refractivity contribution is -0.366. The Bertz CT molecular complexity index is 2080. The summed E-state index contributed by atoms with van der Waals surface area (Å²) >= 11 is 0. The van der Waals surface area contributed by atoms with E-state index in [-0.39, 0.29) is 50.2 Å². The predicted octanol–water partition coefficient (Wildman–Crippen LogP) is 3.59. The second-order valence-corrected chi connectivity index (χ2v) is 23.0. The lowest BCUT2D eigenvalue weighted by Gasteiger charge is -2.51. The van der Waals surface area contributed by atoms with Gasteiger partial charge in [0.25, 0.3) is 0 Å². The number of aliphatic hydroxyl groups is 8. The van der Waals surface area contributed by atoms with Crippen LogP contribution in [-0.4, -0.2) is 216 Å². The van der Waals surface area contributed by atoms with Gasteiger partial charge in [0.1, 0.15) is 42.7 Å². The summed E-state index contributed by atoms with van der Waals surface area (Å²) in [7, 11) is 5.80.